The first kappa shape index (κ1) is 27.6. The van der Waals surface area contributed by atoms with Crippen molar-refractivity contribution in [3.05, 3.63) is 88.1 Å². The second kappa shape index (κ2) is 10.9. The molecule has 0 spiro atoms. The van der Waals surface area contributed by atoms with Crippen molar-refractivity contribution in [2.45, 2.75) is 43.9 Å². The molecule has 3 N–H and O–H groups in total. The van der Waals surface area contributed by atoms with E-state index in [0.29, 0.717) is 32.8 Å². The molecule has 204 valence electrons. The molecule has 40 heavy (non-hydrogen) atoms. The second-order valence-corrected chi connectivity index (χ2v) is 12.7. The zero-order chi connectivity index (χ0) is 28.6. The molecule has 11 heteroatoms. The smallest absolute Gasteiger partial charge is 0.234 e. The number of hydrogen-bond donors (Lipinski definition) is 2. The maximum Gasteiger partial charge on any atom is 0.234 e. The van der Waals surface area contributed by atoms with Crippen molar-refractivity contribution >= 4 is 45.6 Å². The summed E-state index contributed by atoms with van der Waals surface area (Å²) < 4.78 is 15.5. The number of aromatic nitrogens is 2. The van der Waals surface area contributed by atoms with E-state index >= 15 is 4.39 Å². The third-order valence-electron chi connectivity index (χ3n) is 6.85. The molecule has 0 radical (unpaired) electrons. The van der Waals surface area contributed by atoms with E-state index in [-0.39, 0.29) is 46.2 Å². The van der Waals surface area contributed by atoms with Crippen LogP contribution < -0.4 is 16.0 Å². The molecule has 1 aliphatic carbocycles. The second-order valence-electron chi connectivity index (χ2n) is 10.6. The normalized spacial score (nSPS) is 18.4. The Hall–Kier alpha value is -4.01. The predicted molar refractivity (Wildman–Crippen MR) is 154 cm³/mol. The first-order valence-corrected chi connectivity index (χ1v) is 14.4. The van der Waals surface area contributed by atoms with E-state index in [4.69, 9.17) is 5.73 Å². The minimum absolute atomic E-state index is 0.0822. The number of rotatable bonds is 6. The molecule has 0 saturated carbocycles. The van der Waals surface area contributed by atoms with Gasteiger partial charge < -0.3 is 11.1 Å². The van der Waals surface area contributed by atoms with Gasteiger partial charge in [-0.25, -0.2) is 4.39 Å². The Morgan fingerprint density at radius 1 is 1.23 bits per heavy atom. The number of carbonyl (C=O) groups is 2. The van der Waals surface area contributed by atoms with Crippen molar-refractivity contribution in [2.24, 2.45) is 11.1 Å². The maximum atomic E-state index is 15.0. The molecule has 1 aromatic heterocycles. The average molecular weight is 575 g/mol. The minimum Gasteiger partial charge on any atom is -0.384 e. The zero-order valence-corrected chi connectivity index (χ0v) is 23.8. The van der Waals surface area contributed by atoms with Crippen molar-refractivity contribution < 1.29 is 14.0 Å². The number of nitrogens with zero attached hydrogens (tertiary/aromatic N) is 4. The molecule has 0 saturated heterocycles. The Bertz CT molecular complexity index is 1600. The third-order valence-corrected chi connectivity index (χ3v) is 8.89. The molecule has 0 bridgehead atoms. The van der Waals surface area contributed by atoms with Gasteiger partial charge in [-0.1, -0.05) is 72.8 Å². The number of ketones is 1. The van der Waals surface area contributed by atoms with Gasteiger partial charge in [0.05, 0.1) is 23.3 Å². The van der Waals surface area contributed by atoms with Gasteiger partial charge in [0.2, 0.25) is 11.0 Å². The largest absolute Gasteiger partial charge is 0.384 e. The van der Waals surface area contributed by atoms with Gasteiger partial charge >= 0.3 is 0 Å². The first-order chi connectivity index (χ1) is 19.1. The molecule has 3 aromatic rings. The van der Waals surface area contributed by atoms with Crippen molar-refractivity contribution in [3.63, 3.8) is 0 Å². The van der Waals surface area contributed by atoms with E-state index in [9.17, 15) is 14.9 Å². The lowest BCUT2D eigenvalue weighted by Gasteiger charge is -2.42. The molecule has 5 rings (SSSR count). The summed E-state index contributed by atoms with van der Waals surface area (Å²) in [4.78, 5) is 27.7. The molecular weight excluding hydrogens is 547 g/mol. The summed E-state index contributed by atoms with van der Waals surface area (Å²) in [6.45, 7) is 5.94. The number of nitrogens with two attached hydrogens (primary N) is 1. The fraction of sp³-hybridized carbons (Fsp3) is 0.276. The van der Waals surface area contributed by atoms with Crippen molar-refractivity contribution in [3.8, 4) is 6.07 Å². The van der Waals surface area contributed by atoms with Crippen LogP contribution in [0, 0.1) is 29.5 Å². The fourth-order valence-electron chi connectivity index (χ4n) is 5.06. The Morgan fingerprint density at radius 2 is 1.95 bits per heavy atom. The Morgan fingerprint density at radius 3 is 2.65 bits per heavy atom. The highest BCUT2D eigenvalue weighted by molar-refractivity contribution is 8.01. The molecule has 2 aliphatic rings. The summed E-state index contributed by atoms with van der Waals surface area (Å²) in [7, 11) is 0. The molecule has 0 fully saturated rings. The number of halogens is 1. The summed E-state index contributed by atoms with van der Waals surface area (Å²) in [5, 5.41) is 21.9. The van der Waals surface area contributed by atoms with Gasteiger partial charge in [-0.15, -0.1) is 10.2 Å². The molecule has 1 unspecified atom stereocenters. The average Bonchev–Trinajstić information content (AvgIpc) is 3.36. The molecule has 2 aromatic carbocycles. The number of allylic oxidation sites excluding steroid dienone is 3. The summed E-state index contributed by atoms with van der Waals surface area (Å²) in [5.74, 6) is -1.56. The van der Waals surface area contributed by atoms with E-state index in [1.807, 2.05) is 45.0 Å². The lowest BCUT2D eigenvalue weighted by molar-refractivity contribution is -0.118. The molecule has 1 aliphatic heterocycles. The predicted octanol–water partition coefficient (Wildman–Crippen LogP) is 5.66. The third kappa shape index (κ3) is 5.37. The van der Waals surface area contributed by atoms with Crippen LogP contribution in [0.15, 0.2) is 75.5 Å². The number of anilines is 2. The van der Waals surface area contributed by atoms with Gasteiger partial charge in [0, 0.05) is 28.9 Å². The van der Waals surface area contributed by atoms with E-state index < -0.39 is 11.7 Å². The van der Waals surface area contributed by atoms with Crippen LogP contribution in [-0.4, -0.2) is 27.6 Å². The number of hydrogen-bond acceptors (Lipinski definition) is 9. The van der Waals surface area contributed by atoms with Crippen LogP contribution in [0.25, 0.3) is 0 Å². The Balaban J connectivity index is 1.47. The standard InChI is InChI=1S/C29H27FN6O2S2/c1-16-8-10-17(11-9-16)33-23(38)15-39-28-35-34-27(40-28)36-21-12-29(2,3)13-22(37)25(21)24(19(14-31)26(36)32)18-6-4-5-7-20(18)30/h4-11,24H,12-13,15,32H2,1-3H3,(H,33,38). The van der Waals surface area contributed by atoms with Crippen molar-refractivity contribution in [1.29, 1.82) is 5.26 Å². The van der Waals surface area contributed by atoms with Gasteiger partial charge in [-0.3, -0.25) is 14.5 Å². The number of thioether (sulfide) groups is 1. The highest BCUT2D eigenvalue weighted by atomic mass is 32.2. The minimum atomic E-state index is -0.909. The number of aryl methyl sites for hydroxylation is 1. The van der Waals surface area contributed by atoms with E-state index in [2.05, 4.69) is 21.6 Å². The monoisotopic (exact) mass is 574 g/mol. The number of nitrogens with one attached hydrogen (secondary N) is 1. The highest BCUT2D eigenvalue weighted by Gasteiger charge is 2.46. The van der Waals surface area contributed by atoms with Crippen LogP contribution in [0.5, 0.6) is 0 Å². The van der Waals surface area contributed by atoms with Crippen molar-refractivity contribution in [1.82, 2.24) is 10.2 Å². The van der Waals surface area contributed by atoms with Crippen LogP contribution in [0.3, 0.4) is 0 Å². The fourth-order valence-corrected chi connectivity index (χ4v) is 6.74. The maximum absolute atomic E-state index is 15.0. The van der Waals surface area contributed by atoms with Gasteiger partial charge in [-0.2, -0.15) is 5.26 Å². The quantitative estimate of drug-likeness (QED) is 0.362. The Kier molecular flexibility index (Phi) is 7.49. The van der Waals surface area contributed by atoms with E-state index in [0.717, 1.165) is 5.56 Å². The van der Waals surface area contributed by atoms with Gasteiger partial charge in [0.25, 0.3) is 0 Å². The summed E-state index contributed by atoms with van der Waals surface area (Å²) >= 11 is 2.43. The molecule has 1 amide bonds. The van der Waals surface area contributed by atoms with Gasteiger partial charge in [0.15, 0.2) is 10.1 Å². The lowest BCUT2D eigenvalue weighted by atomic mass is 9.68. The summed E-state index contributed by atoms with van der Waals surface area (Å²) in [6, 6.07) is 15.8. The number of carbonyl (C=O) groups excluding carboxylic acids is 2. The number of amides is 1. The van der Waals surface area contributed by atoms with E-state index in [1.54, 1.807) is 23.1 Å². The number of Topliss-reactive ketones (excluding diaryl/α,β-unsaturated/α-hetero) is 1. The summed E-state index contributed by atoms with van der Waals surface area (Å²) in [6.07, 6.45) is 0.732. The number of benzene rings is 2. The van der Waals surface area contributed by atoms with Crippen LogP contribution in [0.4, 0.5) is 15.2 Å². The van der Waals surface area contributed by atoms with Gasteiger partial charge in [0.1, 0.15) is 11.6 Å². The highest BCUT2D eigenvalue weighted by Crippen LogP contribution is 2.51. The van der Waals surface area contributed by atoms with Crippen LogP contribution >= 0.6 is 23.1 Å². The molecular formula is C29H27FN6O2S2. The molecule has 2 heterocycles. The van der Waals surface area contributed by atoms with Gasteiger partial charge in [-0.05, 0) is 37.0 Å². The lowest BCUT2D eigenvalue weighted by Crippen LogP contribution is -2.42. The molecule has 8 nitrogen and oxygen atoms in total. The van der Waals surface area contributed by atoms with Crippen molar-refractivity contribution in [2.75, 3.05) is 16.0 Å². The number of nitriles is 1. The van der Waals surface area contributed by atoms with E-state index in [1.165, 1.54) is 29.2 Å². The topological polar surface area (TPSA) is 125 Å². The van der Waals surface area contributed by atoms with Crippen LogP contribution in [-0.2, 0) is 9.59 Å². The molecule has 1 atom stereocenters. The Labute approximate surface area is 239 Å². The van der Waals surface area contributed by atoms with Crippen LogP contribution in [0.2, 0.25) is 0 Å². The summed E-state index contributed by atoms with van der Waals surface area (Å²) in [5.41, 5.74) is 9.29. The zero-order valence-electron chi connectivity index (χ0n) is 22.2. The van der Waals surface area contributed by atoms with Crippen LogP contribution in [0.1, 0.15) is 43.7 Å². The first-order valence-electron chi connectivity index (χ1n) is 12.6. The SMILES string of the molecule is Cc1ccc(NC(=O)CSc2nnc(N3C(N)=C(C#N)C(c4ccccc4F)C4=C3CC(C)(C)CC4=O)s2)cc1.